The second kappa shape index (κ2) is 5.86. The molecule has 1 nitrogen and oxygen atoms in total. The lowest BCUT2D eigenvalue weighted by molar-refractivity contribution is 0.603. The molecule has 2 heteroatoms. The predicted octanol–water partition coefficient (Wildman–Crippen LogP) is 4.37. The van der Waals surface area contributed by atoms with Crippen LogP contribution in [-0.2, 0) is 12.2 Å². The lowest BCUT2D eigenvalue weighted by atomic mass is 9.85. The van der Waals surface area contributed by atoms with E-state index in [-0.39, 0.29) is 0 Å². The van der Waals surface area contributed by atoms with Crippen molar-refractivity contribution in [2.75, 3.05) is 13.1 Å². The standard InChI is InChI=1S/C19H21NS/c1-2-5-16-13-21-19-7-3-6-17(14-8-10-20-11-9-14)18(19)12-15(16)4-1/h1-5,7,20H,6,8-13H2. The smallest absolute Gasteiger partial charge is 0.0234 e. The third kappa shape index (κ3) is 2.63. The van der Waals surface area contributed by atoms with Crippen LogP contribution in [0.3, 0.4) is 0 Å². The van der Waals surface area contributed by atoms with Gasteiger partial charge in [-0.2, -0.15) is 0 Å². The van der Waals surface area contributed by atoms with E-state index >= 15 is 0 Å². The van der Waals surface area contributed by atoms with E-state index in [1.54, 1.807) is 16.7 Å². The van der Waals surface area contributed by atoms with Crippen LogP contribution in [0.4, 0.5) is 0 Å². The summed E-state index contributed by atoms with van der Waals surface area (Å²) in [6.07, 6.45) is 9.44. The highest BCUT2D eigenvalue weighted by Crippen LogP contribution is 2.41. The average molecular weight is 295 g/mol. The summed E-state index contributed by atoms with van der Waals surface area (Å²) in [5.41, 5.74) is 8.01. The van der Waals surface area contributed by atoms with Gasteiger partial charge in [0.25, 0.3) is 0 Å². The van der Waals surface area contributed by atoms with Crippen LogP contribution in [-0.4, -0.2) is 13.1 Å². The van der Waals surface area contributed by atoms with Gasteiger partial charge < -0.3 is 5.32 Å². The molecule has 1 aromatic rings. The molecular weight excluding hydrogens is 274 g/mol. The predicted molar refractivity (Wildman–Crippen MR) is 91.4 cm³/mol. The maximum absolute atomic E-state index is 3.48. The van der Waals surface area contributed by atoms with Gasteiger partial charge in [0.15, 0.2) is 0 Å². The molecule has 21 heavy (non-hydrogen) atoms. The Morgan fingerprint density at radius 2 is 1.76 bits per heavy atom. The summed E-state index contributed by atoms with van der Waals surface area (Å²) in [5, 5.41) is 3.48. The molecule has 1 aliphatic carbocycles. The van der Waals surface area contributed by atoms with Crippen molar-refractivity contribution < 1.29 is 0 Å². The van der Waals surface area contributed by atoms with Gasteiger partial charge in [0.05, 0.1) is 0 Å². The number of piperidine rings is 1. The first kappa shape index (κ1) is 13.4. The van der Waals surface area contributed by atoms with Gasteiger partial charge in [0.1, 0.15) is 0 Å². The number of thioether (sulfide) groups is 1. The van der Waals surface area contributed by atoms with E-state index in [4.69, 9.17) is 0 Å². The first-order valence-electron chi connectivity index (χ1n) is 7.93. The lowest BCUT2D eigenvalue weighted by Crippen LogP contribution is -2.24. The van der Waals surface area contributed by atoms with Gasteiger partial charge in [0, 0.05) is 10.7 Å². The Bertz CT molecular complexity index is 643. The van der Waals surface area contributed by atoms with Gasteiger partial charge in [-0.3, -0.25) is 0 Å². The Labute approximate surface area is 131 Å². The van der Waals surface area contributed by atoms with Crippen LogP contribution in [0.15, 0.2) is 58.0 Å². The highest BCUT2D eigenvalue weighted by molar-refractivity contribution is 8.02. The van der Waals surface area contributed by atoms with Gasteiger partial charge in [-0.25, -0.2) is 0 Å². The molecule has 1 N–H and O–H groups in total. The van der Waals surface area contributed by atoms with Crippen molar-refractivity contribution in [1.29, 1.82) is 0 Å². The van der Waals surface area contributed by atoms with Crippen LogP contribution in [0.2, 0.25) is 0 Å². The van der Waals surface area contributed by atoms with Gasteiger partial charge in [-0.05, 0) is 61.0 Å². The summed E-state index contributed by atoms with van der Waals surface area (Å²) in [5.74, 6) is 1.11. The Morgan fingerprint density at radius 1 is 0.952 bits per heavy atom. The lowest BCUT2D eigenvalue weighted by Gasteiger charge is -2.24. The number of fused-ring (bicyclic) bond motifs is 1. The molecule has 1 fully saturated rings. The first-order valence-corrected chi connectivity index (χ1v) is 8.91. The van der Waals surface area contributed by atoms with E-state index in [2.05, 4.69) is 41.7 Å². The maximum Gasteiger partial charge on any atom is 0.0234 e. The third-order valence-electron chi connectivity index (χ3n) is 4.76. The number of rotatable bonds is 0. The zero-order valence-electron chi connectivity index (χ0n) is 12.3. The van der Waals surface area contributed by atoms with Gasteiger partial charge >= 0.3 is 0 Å². The number of benzene rings is 1. The second-order valence-corrected chi connectivity index (χ2v) is 7.03. The molecule has 2 heterocycles. The third-order valence-corrected chi connectivity index (χ3v) is 5.90. The Morgan fingerprint density at radius 3 is 2.62 bits per heavy atom. The Balaban J connectivity index is 1.76. The van der Waals surface area contributed by atoms with Crippen molar-refractivity contribution in [3.05, 3.63) is 69.2 Å². The molecule has 0 atom stereocenters. The van der Waals surface area contributed by atoms with Crippen molar-refractivity contribution in [3.8, 4) is 0 Å². The van der Waals surface area contributed by atoms with Crippen LogP contribution in [0.1, 0.15) is 30.4 Å². The normalized spacial score (nSPS) is 21.9. The van der Waals surface area contributed by atoms with E-state index in [0.717, 1.165) is 31.7 Å². The summed E-state index contributed by atoms with van der Waals surface area (Å²) in [4.78, 5) is 1.51. The number of nitrogens with one attached hydrogen (secondary N) is 1. The molecular formula is C19H21NS. The molecule has 3 aliphatic rings. The highest BCUT2D eigenvalue weighted by atomic mass is 32.2. The minimum absolute atomic E-state index is 1.11. The van der Waals surface area contributed by atoms with E-state index < -0.39 is 0 Å². The molecule has 108 valence electrons. The van der Waals surface area contributed by atoms with Crippen LogP contribution >= 0.6 is 11.8 Å². The second-order valence-electron chi connectivity index (χ2n) is 6.02. The minimum atomic E-state index is 1.11. The number of hydrogen-bond acceptors (Lipinski definition) is 2. The maximum atomic E-state index is 3.48. The Hall–Kier alpha value is -1.25. The van der Waals surface area contributed by atoms with Crippen molar-refractivity contribution in [2.24, 2.45) is 0 Å². The number of hydrogen-bond donors (Lipinski definition) is 1. The van der Waals surface area contributed by atoms with Crippen LogP contribution in [0.5, 0.6) is 0 Å². The van der Waals surface area contributed by atoms with Gasteiger partial charge in [-0.15, -0.1) is 11.8 Å². The number of allylic oxidation sites excluding steroid dienone is 4. The zero-order valence-corrected chi connectivity index (χ0v) is 13.1. The first-order chi connectivity index (χ1) is 10.4. The van der Waals surface area contributed by atoms with E-state index in [1.165, 1.54) is 28.9 Å². The SMILES string of the molecule is C1=CC2=C(Cc3ccccc3CS2)C(=C2CCNCC2)C1. The van der Waals surface area contributed by atoms with Crippen LogP contribution in [0, 0.1) is 0 Å². The monoisotopic (exact) mass is 295 g/mol. The van der Waals surface area contributed by atoms with Crippen LogP contribution in [0.25, 0.3) is 0 Å². The van der Waals surface area contributed by atoms with Crippen molar-refractivity contribution in [3.63, 3.8) is 0 Å². The van der Waals surface area contributed by atoms with E-state index in [0.29, 0.717) is 0 Å². The molecule has 0 saturated carbocycles. The molecule has 0 bridgehead atoms. The molecule has 0 amide bonds. The molecule has 1 saturated heterocycles. The van der Waals surface area contributed by atoms with Crippen molar-refractivity contribution in [2.45, 2.75) is 31.4 Å². The topological polar surface area (TPSA) is 12.0 Å². The van der Waals surface area contributed by atoms with Crippen molar-refractivity contribution >= 4 is 11.8 Å². The minimum Gasteiger partial charge on any atom is -0.316 e. The Kier molecular flexibility index (Phi) is 3.74. The van der Waals surface area contributed by atoms with E-state index in [9.17, 15) is 0 Å². The fourth-order valence-corrected chi connectivity index (χ4v) is 4.74. The van der Waals surface area contributed by atoms with Gasteiger partial charge in [-0.1, -0.05) is 42.0 Å². The molecule has 1 aromatic carbocycles. The fraction of sp³-hybridized carbons (Fsp3) is 0.368. The van der Waals surface area contributed by atoms with Crippen LogP contribution < -0.4 is 5.32 Å². The molecule has 0 unspecified atom stereocenters. The summed E-state index contributed by atoms with van der Waals surface area (Å²) in [7, 11) is 0. The summed E-state index contributed by atoms with van der Waals surface area (Å²) in [6.45, 7) is 2.30. The van der Waals surface area contributed by atoms with E-state index in [1.807, 2.05) is 11.8 Å². The van der Waals surface area contributed by atoms with Gasteiger partial charge in [0.2, 0.25) is 0 Å². The summed E-state index contributed by atoms with van der Waals surface area (Å²) in [6, 6.07) is 8.97. The summed E-state index contributed by atoms with van der Waals surface area (Å²) < 4.78 is 0. The fourth-order valence-electron chi connectivity index (χ4n) is 3.59. The zero-order chi connectivity index (χ0) is 14.1. The average Bonchev–Trinajstić information content (AvgIpc) is 2.74. The molecule has 0 aromatic heterocycles. The highest BCUT2D eigenvalue weighted by Gasteiger charge is 2.22. The van der Waals surface area contributed by atoms with Crippen molar-refractivity contribution in [1.82, 2.24) is 5.32 Å². The molecule has 0 radical (unpaired) electrons. The molecule has 2 aliphatic heterocycles. The molecule has 4 rings (SSSR count). The summed E-state index contributed by atoms with van der Waals surface area (Å²) >= 11 is 2.02. The largest absolute Gasteiger partial charge is 0.316 e. The molecule has 0 spiro atoms. The quantitative estimate of drug-likeness (QED) is 0.763.